The van der Waals surface area contributed by atoms with Crippen LogP contribution in [-0.4, -0.2) is 59.3 Å². The van der Waals surface area contributed by atoms with Crippen LogP contribution in [0.2, 0.25) is 5.02 Å². The van der Waals surface area contributed by atoms with E-state index in [1.54, 1.807) is 6.07 Å². The number of nitrogens with zero attached hydrogens (tertiary/aromatic N) is 2. The number of amides is 2. The minimum Gasteiger partial charge on any atom is -0.490 e. The van der Waals surface area contributed by atoms with E-state index in [0.717, 1.165) is 17.3 Å². The van der Waals surface area contributed by atoms with E-state index >= 15 is 0 Å². The van der Waals surface area contributed by atoms with E-state index < -0.39 is 17.1 Å². The van der Waals surface area contributed by atoms with Gasteiger partial charge in [-0.1, -0.05) is 53.7 Å². The van der Waals surface area contributed by atoms with Gasteiger partial charge in [-0.15, -0.1) is 5.10 Å². The van der Waals surface area contributed by atoms with Gasteiger partial charge < -0.3 is 25.2 Å². The third kappa shape index (κ3) is 8.28. The lowest BCUT2D eigenvalue weighted by Crippen LogP contribution is -2.30. The van der Waals surface area contributed by atoms with Gasteiger partial charge in [0.15, 0.2) is 23.3 Å². The van der Waals surface area contributed by atoms with Crippen LogP contribution in [0.1, 0.15) is 24.5 Å². The molecule has 0 radical (unpaired) electrons. The second-order valence-corrected chi connectivity index (χ2v) is 9.07. The quantitative estimate of drug-likeness (QED) is 0.282. The van der Waals surface area contributed by atoms with E-state index in [1.807, 2.05) is 37.3 Å². The summed E-state index contributed by atoms with van der Waals surface area (Å²) in [6.45, 7) is 2.44. The summed E-state index contributed by atoms with van der Waals surface area (Å²) in [6.07, 6.45) is 1.77. The minimum absolute atomic E-state index is 0.196. The topological polar surface area (TPSA) is 139 Å². The van der Waals surface area contributed by atoms with Crippen LogP contribution in [0.25, 0.3) is 0 Å². The molecule has 1 fully saturated rings. The van der Waals surface area contributed by atoms with Crippen molar-refractivity contribution in [1.82, 2.24) is 10.6 Å². The molecule has 1 unspecified atom stereocenters. The molecule has 3 rings (SSSR count). The molecular weight excluding hydrogens is 508 g/mol. The zero-order valence-electron chi connectivity index (χ0n) is 19.4. The fourth-order valence-corrected chi connectivity index (χ4v) is 4.22. The first-order chi connectivity index (χ1) is 17.4. The first-order valence-corrected chi connectivity index (χ1v) is 12.3. The smallest absolute Gasteiger partial charge is 0.305 e. The predicted molar refractivity (Wildman–Crippen MR) is 138 cm³/mol. The summed E-state index contributed by atoms with van der Waals surface area (Å²) in [7, 11) is 0. The molecule has 0 aromatic heterocycles. The SMILES string of the molecule is CCOc1cc(C=NN=C2NC(=O)C(CC(=O)O)S2)c(Cl)cc1OCC(=O)NCCc1ccccc1. The first-order valence-electron chi connectivity index (χ1n) is 11.1. The molecular formula is C24H25ClN4O6S. The highest BCUT2D eigenvalue weighted by molar-refractivity contribution is 8.15. The number of hydrogen-bond donors (Lipinski definition) is 3. The minimum atomic E-state index is -1.07. The monoisotopic (exact) mass is 532 g/mol. The summed E-state index contributed by atoms with van der Waals surface area (Å²) < 4.78 is 11.3. The van der Waals surface area contributed by atoms with Crippen molar-refractivity contribution < 1.29 is 29.0 Å². The number of thioether (sulfide) groups is 1. The molecule has 1 aliphatic heterocycles. The highest BCUT2D eigenvalue weighted by atomic mass is 35.5. The molecule has 12 heteroatoms. The van der Waals surface area contributed by atoms with Gasteiger partial charge in [0.2, 0.25) is 5.91 Å². The van der Waals surface area contributed by atoms with Gasteiger partial charge >= 0.3 is 5.97 Å². The van der Waals surface area contributed by atoms with Crippen molar-refractivity contribution in [2.75, 3.05) is 19.8 Å². The second-order valence-electron chi connectivity index (χ2n) is 7.47. The summed E-state index contributed by atoms with van der Waals surface area (Å²) in [6, 6.07) is 12.9. The van der Waals surface area contributed by atoms with E-state index in [-0.39, 0.29) is 29.1 Å². The number of nitrogens with one attached hydrogen (secondary N) is 2. The fraction of sp³-hybridized carbons (Fsp3) is 0.292. The molecule has 2 amide bonds. The van der Waals surface area contributed by atoms with Crippen molar-refractivity contribution in [1.29, 1.82) is 0 Å². The number of carboxylic acids is 1. The van der Waals surface area contributed by atoms with E-state index in [9.17, 15) is 14.4 Å². The Balaban J connectivity index is 1.58. The lowest BCUT2D eigenvalue weighted by molar-refractivity contribution is -0.138. The lowest BCUT2D eigenvalue weighted by atomic mass is 10.1. The summed E-state index contributed by atoms with van der Waals surface area (Å²) in [5.74, 6) is -1.10. The Kier molecular flexibility index (Phi) is 10.1. The number of carbonyl (C=O) groups is 3. The van der Waals surface area contributed by atoms with Crippen molar-refractivity contribution >= 4 is 52.5 Å². The van der Waals surface area contributed by atoms with Gasteiger partial charge in [-0.2, -0.15) is 5.10 Å². The van der Waals surface area contributed by atoms with Crippen molar-refractivity contribution in [3.05, 3.63) is 58.6 Å². The summed E-state index contributed by atoms with van der Waals surface area (Å²) in [5.41, 5.74) is 1.60. The summed E-state index contributed by atoms with van der Waals surface area (Å²) in [5, 5.41) is 21.7. The van der Waals surface area contributed by atoms with Crippen molar-refractivity contribution in [2.45, 2.75) is 25.0 Å². The molecule has 36 heavy (non-hydrogen) atoms. The molecule has 0 spiro atoms. The van der Waals surface area contributed by atoms with Crippen LogP contribution in [0.15, 0.2) is 52.7 Å². The van der Waals surface area contributed by atoms with Crippen LogP contribution < -0.4 is 20.1 Å². The molecule has 1 aliphatic rings. The summed E-state index contributed by atoms with van der Waals surface area (Å²) in [4.78, 5) is 34.8. The maximum Gasteiger partial charge on any atom is 0.305 e. The van der Waals surface area contributed by atoms with Gasteiger partial charge in [0.25, 0.3) is 5.91 Å². The first kappa shape index (κ1) is 27.0. The highest BCUT2D eigenvalue weighted by Gasteiger charge is 2.32. The molecule has 0 saturated carbocycles. The Hall–Kier alpha value is -3.57. The van der Waals surface area contributed by atoms with E-state index in [2.05, 4.69) is 20.8 Å². The molecule has 0 bridgehead atoms. The molecule has 3 N–H and O–H groups in total. The van der Waals surface area contributed by atoms with Crippen LogP contribution in [0.4, 0.5) is 0 Å². The highest BCUT2D eigenvalue weighted by Crippen LogP contribution is 2.33. The maximum absolute atomic E-state index is 12.2. The molecule has 10 nitrogen and oxygen atoms in total. The molecule has 1 atom stereocenters. The average molecular weight is 533 g/mol. The third-order valence-corrected chi connectivity index (χ3v) is 6.18. The Morgan fingerprint density at radius 3 is 2.69 bits per heavy atom. The van der Waals surface area contributed by atoms with Crippen LogP contribution in [0, 0.1) is 0 Å². The summed E-state index contributed by atoms with van der Waals surface area (Å²) >= 11 is 7.34. The van der Waals surface area contributed by atoms with Crippen molar-refractivity contribution in [3.8, 4) is 11.5 Å². The van der Waals surface area contributed by atoms with Gasteiger partial charge in [-0.3, -0.25) is 14.4 Å². The van der Waals surface area contributed by atoms with Gasteiger partial charge in [0.05, 0.1) is 24.3 Å². The van der Waals surface area contributed by atoms with Crippen molar-refractivity contribution in [3.63, 3.8) is 0 Å². The lowest BCUT2D eigenvalue weighted by Gasteiger charge is -2.13. The molecule has 1 saturated heterocycles. The van der Waals surface area contributed by atoms with Crippen LogP contribution >= 0.6 is 23.4 Å². The van der Waals surface area contributed by atoms with Crippen LogP contribution in [0.3, 0.4) is 0 Å². The van der Waals surface area contributed by atoms with Crippen molar-refractivity contribution in [2.24, 2.45) is 10.2 Å². The number of carbonyl (C=O) groups excluding carboxylic acids is 2. The number of benzene rings is 2. The predicted octanol–water partition coefficient (Wildman–Crippen LogP) is 2.87. The van der Waals surface area contributed by atoms with Gasteiger partial charge in [-0.25, -0.2) is 0 Å². The molecule has 2 aromatic rings. The number of ether oxygens (including phenoxy) is 2. The Morgan fingerprint density at radius 1 is 1.22 bits per heavy atom. The molecule has 190 valence electrons. The zero-order valence-corrected chi connectivity index (χ0v) is 21.0. The molecule has 1 heterocycles. The number of hydrogen-bond acceptors (Lipinski definition) is 8. The number of rotatable bonds is 12. The van der Waals surface area contributed by atoms with Gasteiger partial charge in [0.1, 0.15) is 5.25 Å². The Labute approximate surface area is 217 Å². The molecule has 2 aromatic carbocycles. The van der Waals surface area contributed by atoms with Crippen LogP contribution in [0.5, 0.6) is 11.5 Å². The van der Waals surface area contributed by atoms with E-state index in [4.69, 9.17) is 26.2 Å². The Bertz CT molecular complexity index is 1160. The number of amidine groups is 1. The second kappa shape index (κ2) is 13.5. The third-order valence-electron chi connectivity index (χ3n) is 4.78. The standard InChI is InChI=1S/C24H25ClN4O6S/c1-2-34-18-10-16(13-27-29-24-28-23(33)20(36-24)12-22(31)32)17(25)11-19(18)35-14-21(30)26-9-8-15-6-4-3-5-7-15/h3-7,10-11,13,20H,2,8-9,12,14H2,1H3,(H,26,30)(H,31,32)(H,28,29,33). The Morgan fingerprint density at radius 2 is 1.97 bits per heavy atom. The average Bonchev–Trinajstić information content (AvgIpc) is 3.18. The van der Waals surface area contributed by atoms with Gasteiger partial charge in [0, 0.05) is 18.2 Å². The van der Waals surface area contributed by atoms with Gasteiger partial charge in [-0.05, 0) is 25.0 Å². The number of carboxylic acid groups (broad SMARTS) is 1. The van der Waals surface area contributed by atoms with E-state index in [0.29, 0.717) is 36.6 Å². The fourth-order valence-electron chi connectivity index (χ4n) is 3.10. The largest absolute Gasteiger partial charge is 0.490 e. The molecule has 0 aliphatic carbocycles. The van der Waals surface area contributed by atoms with E-state index in [1.165, 1.54) is 12.3 Å². The number of aliphatic carboxylic acids is 1. The maximum atomic E-state index is 12.2. The number of halogens is 1. The normalized spacial score (nSPS) is 16.2. The van der Waals surface area contributed by atoms with Crippen LogP contribution in [-0.2, 0) is 20.8 Å². The zero-order chi connectivity index (χ0) is 25.9.